The zero-order chi connectivity index (χ0) is 26.1. The molecule has 0 atom stereocenters. The Morgan fingerprint density at radius 3 is 2.32 bits per heavy atom. The minimum absolute atomic E-state index is 0.00504. The highest BCUT2D eigenvalue weighted by atomic mass is 32.2. The Kier molecular flexibility index (Phi) is 6.82. The molecular weight excluding hydrogens is 512 g/mol. The van der Waals surface area contributed by atoms with Crippen LogP contribution in [-0.2, 0) is 17.9 Å². The minimum atomic E-state index is 0.00504. The first-order valence-corrected chi connectivity index (χ1v) is 14.3. The highest BCUT2D eigenvalue weighted by Crippen LogP contribution is 2.48. The van der Waals surface area contributed by atoms with E-state index in [-0.39, 0.29) is 11.7 Å². The molecule has 8 heteroatoms. The highest BCUT2D eigenvalue weighted by Gasteiger charge is 2.28. The Morgan fingerprint density at radius 2 is 1.58 bits per heavy atom. The van der Waals surface area contributed by atoms with Gasteiger partial charge in [0.05, 0.1) is 17.1 Å². The molecule has 5 aromatic rings. The lowest BCUT2D eigenvalue weighted by Gasteiger charge is -2.30. The van der Waals surface area contributed by atoms with Crippen molar-refractivity contribution in [2.45, 2.75) is 41.9 Å². The predicted molar refractivity (Wildman–Crippen MR) is 154 cm³/mol. The first kappa shape index (κ1) is 24.6. The number of hydrogen-bond acceptors (Lipinski definition) is 6. The Balaban J connectivity index is 1.18. The van der Waals surface area contributed by atoms with Crippen LogP contribution in [-0.4, -0.2) is 26.4 Å². The summed E-state index contributed by atoms with van der Waals surface area (Å²) in [6.45, 7) is 5.11. The monoisotopic (exact) mass is 538 g/mol. The molecule has 1 aromatic heterocycles. The molecule has 0 radical (unpaired) electrons. The normalized spacial score (nSPS) is 12.3. The van der Waals surface area contributed by atoms with E-state index in [9.17, 15) is 4.79 Å². The second-order valence-corrected chi connectivity index (χ2v) is 10.9. The number of nitrogens with zero attached hydrogens (tertiary/aromatic N) is 4. The number of benzene rings is 4. The zero-order valence-electron chi connectivity index (χ0n) is 21.1. The van der Waals surface area contributed by atoms with E-state index < -0.39 is 0 Å². The number of amides is 1. The second-order valence-electron chi connectivity index (χ2n) is 8.90. The third-order valence-electron chi connectivity index (χ3n) is 6.62. The number of hydrogen-bond donors (Lipinski definition) is 0. The Hall–Kier alpha value is -3.75. The lowest BCUT2D eigenvalue weighted by atomic mass is 10.0. The van der Waals surface area contributed by atoms with Gasteiger partial charge in [-0.2, -0.15) is 0 Å². The SMILES string of the molecule is CCn1c(COc2ccc3ccccc3c2C)nnc1SCC(=O)N1c2ccccc2Sc2ccccc21. The molecule has 1 aliphatic rings. The molecule has 4 aromatic carbocycles. The molecule has 0 fully saturated rings. The van der Waals surface area contributed by atoms with Gasteiger partial charge in [0.2, 0.25) is 5.91 Å². The number of rotatable bonds is 7. The highest BCUT2D eigenvalue weighted by molar-refractivity contribution is 8.00. The van der Waals surface area contributed by atoms with E-state index >= 15 is 0 Å². The molecule has 0 spiro atoms. The summed E-state index contributed by atoms with van der Waals surface area (Å²) in [5, 5.41) is 11.9. The van der Waals surface area contributed by atoms with Crippen LogP contribution in [0.1, 0.15) is 18.3 Å². The fourth-order valence-electron chi connectivity index (χ4n) is 4.72. The molecule has 0 saturated carbocycles. The number of fused-ring (bicyclic) bond motifs is 3. The number of anilines is 2. The maximum absolute atomic E-state index is 13.6. The van der Waals surface area contributed by atoms with Crippen LogP contribution in [0.25, 0.3) is 10.8 Å². The summed E-state index contributed by atoms with van der Waals surface area (Å²) in [5.74, 6) is 1.82. The summed E-state index contributed by atoms with van der Waals surface area (Å²) in [7, 11) is 0. The van der Waals surface area contributed by atoms with Crippen LogP contribution in [0.4, 0.5) is 11.4 Å². The van der Waals surface area contributed by atoms with Gasteiger partial charge >= 0.3 is 0 Å². The van der Waals surface area contributed by atoms with Crippen LogP contribution in [0.3, 0.4) is 0 Å². The van der Waals surface area contributed by atoms with Gasteiger partial charge in [-0.25, -0.2) is 0 Å². The zero-order valence-corrected chi connectivity index (χ0v) is 22.8. The van der Waals surface area contributed by atoms with Gasteiger partial charge in [-0.1, -0.05) is 78.1 Å². The fourth-order valence-corrected chi connectivity index (χ4v) is 6.65. The Labute approximate surface area is 230 Å². The van der Waals surface area contributed by atoms with Crippen LogP contribution in [0, 0.1) is 6.92 Å². The van der Waals surface area contributed by atoms with Crippen molar-refractivity contribution >= 4 is 51.6 Å². The first-order chi connectivity index (χ1) is 18.6. The maximum atomic E-state index is 13.6. The molecule has 1 aliphatic heterocycles. The summed E-state index contributed by atoms with van der Waals surface area (Å²) < 4.78 is 8.19. The number of para-hydroxylation sites is 2. The number of aromatic nitrogens is 3. The summed E-state index contributed by atoms with van der Waals surface area (Å²) >= 11 is 3.10. The molecule has 0 bridgehead atoms. The minimum Gasteiger partial charge on any atom is -0.485 e. The molecule has 190 valence electrons. The third kappa shape index (κ3) is 4.54. The molecule has 38 heavy (non-hydrogen) atoms. The van der Waals surface area contributed by atoms with E-state index in [1.807, 2.05) is 71.0 Å². The lowest BCUT2D eigenvalue weighted by Crippen LogP contribution is -2.30. The molecule has 0 aliphatic carbocycles. The molecule has 6 rings (SSSR count). The topological polar surface area (TPSA) is 60.2 Å². The number of carbonyl (C=O) groups is 1. The molecular formula is C30H26N4O2S2. The smallest absolute Gasteiger partial charge is 0.242 e. The van der Waals surface area contributed by atoms with E-state index in [2.05, 4.69) is 47.5 Å². The number of aryl methyl sites for hydroxylation is 1. The number of thioether (sulfide) groups is 1. The average Bonchev–Trinajstić information content (AvgIpc) is 3.36. The Bertz CT molecular complexity index is 1600. The number of carbonyl (C=O) groups excluding carboxylic acids is 1. The van der Waals surface area contributed by atoms with Crippen molar-refractivity contribution in [3.05, 3.63) is 96.3 Å². The predicted octanol–water partition coefficient (Wildman–Crippen LogP) is 7.26. The van der Waals surface area contributed by atoms with Gasteiger partial charge in [0.25, 0.3) is 0 Å². The van der Waals surface area contributed by atoms with Gasteiger partial charge in [0.1, 0.15) is 12.4 Å². The largest absolute Gasteiger partial charge is 0.485 e. The van der Waals surface area contributed by atoms with E-state index in [1.54, 1.807) is 11.8 Å². The molecule has 0 unspecified atom stereocenters. The van der Waals surface area contributed by atoms with Gasteiger partial charge in [0, 0.05) is 16.3 Å². The van der Waals surface area contributed by atoms with Gasteiger partial charge in [-0.15, -0.1) is 10.2 Å². The van der Waals surface area contributed by atoms with Crippen molar-refractivity contribution in [2.75, 3.05) is 10.7 Å². The Morgan fingerprint density at radius 1 is 0.895 bits per heavy atom. The van der Waals surface area contributed by atoms with Crippen molar-refractivity contribution < 1.29 is 9.53 Å². The van der Waals surface area contributed by atoms with Gasteiger partial charge in [-0.3, -0.25) is 9.69 Å². The quantitative estimate of drug-likeness (QED) is 0.203. The van der Waals surface area contributed by atoms with Gasteiger partial charge < -0.3 is 9.30 Å². The van der Waals surface area contributed by atoms with Crippen molar-refractivity contribution in [3.8, 4) is 5.75 Å². The van der Waals surface area contributed by atoms with E-state index in [1.165, 1.54) is 22.5 Å². The van der Waals surface area contributed by atoms with Crippen molar-refractivity contribution in [1.29, 1.82) is 0 Å². The van der Waals surface area contributed by atoms with E-state index in [4.69, 9.17) is 4.74 Å². The third-order valence-corrected chi connectivity index (χ3v) is 8.70. The summed E-state index contributed by atoms with van der Waals surface area (Å²) in [6, 6.07) is 28.4. The van der Waals surface area contributed by atoms with E-state index in [0.29, 0.717) is 18.3 Å². The first-order valence-electron chi connectivity index (χ1n) is 12.5. The van der Waals surface area contributed by atoms with Crippen LogP contribution in [0.5, 0.6) is 5.75 Å². The lowest BCUT2D eigenvalue weighted by molar-refractivity contribution is -0.115. The van der Waals surface area contributed by atoms with Crippen molar-refractivity contribution in [1.82, 2.24) is 14.8 Å². The van der Waals surface area contributed by atoms with Gasteiger partial charge in [-0.05, 0) is 60.5 Å². The molecule has 6 nitrogen and oxygen atoms in total. The summed E-state index contributed by atoms with van der Waals surface area (Å²) in [5.41, 5.74) is 2.93. The molecule has 0 saturated heterocycles. The second kappa shape index (κ2) is 10.6. The fraction of sp³-hybridized carbons (Fsp3) is 0.167. The average molecular weight is 539 g/mol. The van der Waals surface area contributed by atoms with Crippen LogP contribution in [0.15, 0.2) is 99.9 Å². The molecule has 0 N–H and O–H groups in total. The molecule has 2 heterocycles. The van der Waals surface area contributed by atoms with Crippen LogP contribution < -0.4 is 9.64 Å². The van der Waals surface area contributed by atoms with Gasteiger partial charge in [0.15, 0.2) is 11.0 Å². The van der Waals surface area contributed by atoms with Crippen molar-refractivity contribution in [3.63, 3.8) is 0 Å². The summed E-state index contributed by atoms with van der Waals surface area (Å²) in [4.78, 5) is 17.5. The standard InChI is InChI=1S/C30H26N4O2S2/c1-3-33-28(18-36-25-17-16-21-10-4-5-11-22(21)20(25)2)31-32-30(33)37-19-29(35)34-23-12-6-8-14-26(23)38-27-15-9-7-13-24(27)34/h4-17H,3,18-19H2,1-2H3. The summed E-state index contributed by atoms with van der Waals surface area (Å²) in [6.07, 6.45) is 0. The number of ether oxygens (including phenoxy) is 1. The van der Waals surface area contributed by atoms with E-state index in [0.717, 1.165) is 38.3 Å². The van der Waals surface area contributed by atoms with Crippen LogP contribution in [0.2, 0.25) is 0 Å². The molecule has 1 amide bonds. The van der Waals surface area contributed by atoms with Crippen molar-refractivity contribution in [2.24, 2.45) is 0 Å². The van der Waals surface area contributed by atoms with Crippen LogP contribution >= 0.6 is 23.5 Å². The maximum Gasteiger partial charge on any atom is 0.242 e.